The van der Waals surface area contributed by atoms with Gasteiger partial charge in [0.05, 0.1) is 22.5 Å². The number of benzene rings is 2. The van der Waals surface area contributed by atoms with Crippen LogP contribution < -0.4 is 15.8 Å². The summed E-state index contributed by atoms with van der Waals surface area (Å²) in [5, 5.41) is 13.3. The number of anilines is 1. The van der Waals surface area contributed by atoms with E-state index in [1.54, 1.807) is 36.4 Å². The molecule has 2 aliphatic rings. The third-order valence-corrected chi connectivity index (χ3v) is 6.70. The molecule has 2 aliphatic carbocycles. The van der Waals surface area contributed by atoms with E-state index in [9.17, 15) is 10.1 Å². The predicted molar refractivity (Wildman–Crippen MR) is 144 cm³/mol. The van der Waals surface area contributed by atoms with Crippen molar-refractivity contribution in [3.8, 4) is 23.1 Å². The lowest BCUT2D eigenvalue weighted by atomic mass is 10.1. The Labute approximate surface area is 219 Å². The lowest BCUT2D eigenvalue weighted by molar-refractivity contribution is 0.108. The zero-order chi connectivity index (χ0) is 26.8. The molecule has 2 fully saturated rings. The quantitative estimate of drug-likeness (QED) is 0.206. The van der Waals surface area contributed by atoms with Crippen molar-refractivity contribution in [3.05, 3.63) is 72.7 Å². The van der Waals surface area contributed by atoms with Crippen LogP contribution in [0.2, 0.25) is 0 Å². The number of allylic oxidation sites excluding steroid dienone is 2. The van der Waals surface area contributed by atoms with Crippen molar-refractivity contribution in [3.63, 3.8) is 0 Å². The monoisotopic (exact) mass is 513 g/mol. The van der Waals surface area contributed by atoms with Crippen LogP contribution in [0.3, 0.4) is 0 Å². The lowest BCUT2D eigenvalue weighted by Gasteiger charge is -2.14. The third-order valence-electron chi connectivity index (χ3n) is 6.70. The third kappa shape index (κ3) is 5.25. The van der Waals surface area contributed by atoms with Crippen LogP contribution in [0.5, 0.6) is 5.75 Å². The summed E-state index contributed by atoms with van der Waals surface area (Å²) in [5.41, 5.74) is 8.26. The number of fused-ring (bicyclic) bond motifs is 1. The Bertz CT molecular complexity index is 1510. The maximum absolute atomic E-state index is 15.2. The minimum Gasteiger partial charge on any atom is -0.446 e. The normalized spacial score (nSPS) is 16.3. The van der Waals surface area contributed by atoms with Crippen LogP contribution in [-0.4, -0.2) is 22.8 Å². The van der Waals surface area contributed by atoms with Crippen molar-refractivity contribution in [2.45, 2.75) is 44.8 Å². The zero-order valence-electron chi connectivity index (χ0n) is 21.0. The molecule has 0 radical (unpaired) electrons. The molecule has 0 saturated heterocycles. The molecule has 2 aromatic carbocycles. The number of amidine groups is 1. The van der Waals surface area contributed by atoms with Crippen molar-refractivity contribution in [2.24, 2.45) is 16.6 Å². The van der Waals surface area contributed by atoms with E-state index in [1.165, 1.54) is 18.3 Å². The van der Waals surface area contributed by atoms with Crippen molar-refractivity contribution in [1.29, 1.82) is 5.26 Å². The van der Waals surface area contributed by atoms with Gasteiger partial charge in [0.15, 0.2) is 0 Å². The Morgan fingerprint density at radius 2 is 2.08 bits per heavy atom. The lowest BCUT2D eigenvalue weighted by Crippen LogP contribution is -2.22. The van der Waals surface area contributed by atoms with Crippen molar-refractivity contribution in [1.82, 2.24) is 4.57 Å². The van der Waals surface area contributed by atoms with Crippen LogP contribution in [0.25, 0.3) is 22.2 Å². The number of aromatic nitrogens is 1. The molecular weight excluding hydrogens is 485 g/mol. The largest absolute Gasteiger partial charge is 0.446 e. The van der Waals surface area contributed by atoms with Gasteiger partial charge >= 0.3 is 6.09 Å². The minimum atomic E-state index is -0.684. The highest BCUT2D eigenvalue weighted by atomic mass is 19.1. The van der Waals surface area contributed by atoms with Crippen LogP contribution in [0.1, 0.15) is 44.2 Å². The maximum Gasteiger partial charge on any atom is 0.411 e. The van der Waals surface area contributed by atoms with E-state index in [0.717, 1.165) is 36.6 Å². The van der Waals surface area contributed by atoms with Gasteiger partial charge in [0.1, 0.15) is 23.7 Å². The first-order valence-electron chi connectivity index (χ1n) is 12.5. The van der Waals surface area contributed by atoms with Gasteiger partial charge in [0.2, 0.25) is 0 Å². The summed E-state index contributed by atoms with van der Waals surface area (Å²) in [6, 6.07) is 12.3. The molecule has 5 rings (SSSR count). The van der Waals surface area contributed by atoms with Gasteiger partial charge in [-0.3, -0.25) is 5.32 Å². The van der Waals surface area contributed by atoms with Crippen LogP contribution in [-0.2, 0) is 4.74 Å². The van der Waals surface area contributed by atoms with Gasteiger partial charge < -0.3 is 19.8 Å². The van der Waals surface area contributed by atoms with Gasteiger partial charge in [-0.15, -0.1) is 0 Å². The first kappa shape index (κ1) is 25.1. The molecule has 1 atom stereocenters. The number of halogens is 1. The summed E-state index contributed by atoms with van der Waals surface area (Å²) < 4.78 is 28.2. The Morgan fingerprint density at radius 1 is 1.29 bits per heavy atom. The van der Waals surface area contributed by atoms with Gasteiger partial charge in [0.25, 0.3) is 6.02 Å². The van der Waals surface area contributed by atoms with Gasteiger partial charge in [-0.1, -0.05) is 18.7 Å². The molecule has 0 spiro atoms. The van der Waals surface area contributed by atoms with Crippen molar-refractivity contribution < 1.29 is 18.7 Å². The summed E-state index contributed by atoms with van der Waals surface area (Å²) in [5.74, 6) is 0.229. The zero-order valence-corrected chi connectivity index (χ0v) is 21.0. The summed E-state index contributed by atoms with van der Waals surface area (Å²) in [6.07, 6.45) is 7.74. The molecular formula is C29H28FN5O3. The molecule has 38 heavy (non-hydrogen) atoms. The van der Waals surface area contributed by atoms with E-state index in [0.29, 0.717) is 28.5 Å². The Kier molecular flexibility index (Phi) is 6.88. The van der Waals surface area contributed by atoms with Gasteiger partial charge in [-0.2, -0.15) is 5.26 Å². The molecule has 8 nitrogen and oxygen atoms in total. The fourth-order valence-electron chi connectivity index (χ4n) is 4.52. The number of nitriles is 1. The van der Waals surface area contributed by atoms with Crippen LogP contribution in [0.15, 0.2) is 66.3 Å². The average molecular weight is 514 g/mol. The summed E-state index contributed by atoms with van der Waals surface area (Å²) in [6.45, 7) is 5.42. The standard InChI is InChI=1S/C29H28FN5O3/c1-3-4-13-33-28(32)38-21-10-11-22-23(16-31)27(35(20-8-9-20)26(22)15-21)19-7-12-25(24(30)14-19)34-29(36)37-17(2)18-5-6-18/h3-4,7,10-15,17-18,20H,1,5-6,8-9H2,2H3,(H2,32,33)(H,34,36)/b13-4-/t17-/m1/s1. The first-order chi connectivity index (χ1) is 18.4. The van der Waals surface area contributed by atoms with Crippen molar-refractivity contribution >= 4 is 28.7 Å². The SMILES string of the molecule is C=C/C=C\N=C(N)Oc1ccc2c(C#N)c(-c3ccc(NC(=O)O[C@H](C)C4CC4)c(F)c3)n(C3CC3)c2c1. The maximum atomic E-state index is 15.2. The molecule has 194 valence electrons. The van der Waals surface area contributed by atoms with Gasteiger partial charge in [-0.25, -0.2) is 14.2 Å². The first-order valence-corrected chi connectivity index (χ1v) is 12.5. The smallest absolute Gasteiger partial charge is 0.411 e. The van der Waals surface area contributed by atoms with Crippen molar-refractivity contribution in [2.75, 3.05) is 5.32 Å². The van der Waals surface area contributed by atoms with Crippen LogP contribution >= 0.6 is 0 Å². The molecule has 0 unspecified atom stereocenters. The number of carbonyl (C=O) groups excluding carboxylic acids is 1. The Morgan fingerprint density at radius 3 is 2.74 bits per heavy atom. The molecule has 0 aliphatic heterocycles. The number of carbonyl (C=O) groups is 1. The molecule has 3 N–H and O–H groups in total. The van der Waals surface area contributed by atoms with Gasteiger partial charge in [0, 0.05) is 29.3 Å². The van der Waals surface area contributed by atoms with E-state index < -0.39 is 11.9 Å². The minimum absolute atomic E-state index is 0.0188. The molecule has 0 bridgehead atoms. The molecule has 1 heterocycles. The second-order valence-electron chi connectivity index (χ2n) is 9.53. The topological polar surface area (TPSA) is 115 Å². The molecule has 3 aromatic rings. The Balaban J connectivity index is 1.48. The Hall–Kier alpha value is -4.58. The second-order valence-corrected chi connectivity index (χ2v) is 9.53. The van der Waals surface area contributed by atoms with Gasteiger partial charge in [-0.05, 0) is 68.9 Å². The number of rotatable bonds is 8. The van der Waals surface area contributed by atoms with E-state index in [-0.39, 0.29) is 23.9 Å². The number of hydrogen-bond donors (Lipinski definition) is 2. The number of amides is 1. The molecule has 2 saturated carbocycles. The number of hydrogen-bond acceptors (Lipinski definition) is 5. The highest BCUT2D eigenvalue weighted by molar-refractivity contribution is 5.96. The summed E-state index contributed by atoms with van der Waals surface area (Å²) >= 11 is 0. The highest BCUT2D eigenvalue weighted by Crippen LogP contribution is 2.45. The van der Waals surface area contributed by atoms with E-state index >= 15 is 4.39 Å². The summed E-state index contributed by atoms with van der Waals surface area (Å²) in [4.78, 5) is 16.2. The fourth-order valence-corrected chi connectivity index (χ4v) is 4.52. The van der Waals surface area contributed by atoms with E-state index in [4.69, 9.17) is 15.2 Å². The molecule has 1 aromatic heterocycles. The number of nitrogens with two attached hydrogens (primary N) is 1. The number of nitrogens with zero attached hydrogens (tertiary/aromatic N) is 3. The van der Waals surface area contributed by atoms with E-state index in [2.05, 4.69) is 27.5 Å². The second kappa shape index (κ2) is 10.4. The number of aliphatic imine (C=N–C) groups is 1. The molecule has 1 amide bonds. The van der Waals surface area contributed by atoms with Crippen LogP contribution in [0.4, 0.5) is 14.9 Å². The highest BCUT2D eigenvalue weighted by Gasteiger charge is 2.32. The predicted octanol–water partition coefficient (Wildman–Crippen LogP) is 6.39. The van der Waals surface area contributed by atoms with E-state index in [1.807, 2.05) is 6.92 Å². The molecule has 9 heteroatoms. The number of ether oxygens (including phenoxy) is 2. The number of nitrogens with one attached hydrogen (secondary N) is 1. The average Bonchev–Trinajstić information content (AvgIpc) is 3.81. The summed E-state index contributed by atoms with van der Waals surface area (Å²) in [7, 11) is 0. The fraction of sp³-hybridized carbons (Fsp3) is 0.276. The van der Waals surface area contributed by atoms with Crippen LogP contribution in [0, 0.1) is 23.1 Å².